The molecule has 0 aromatic heterocycles. The van der Waals surface area contributed by atoms with Crippen LogP contribution in [0, 0.1) is 11.7 Å². The van der Waals surface area contributed by atoms with Crippen molar-refractivity contribution in [1.82, 2.24) is 5.32 Å². The number of hydrogen-bond donors (Lipinski definition) is 2. The summed E-state index contributed by atoms with van der Waals surface area (Å²) in [6.07, 6.45) is 4.03. The molecular formula is C16H23FN2O. The van der Waals surface area contributed by atoms with Crippen molar-refractivity contribution in [3.05, 3.63) is 29.6 Å². The van der Waals surface area contributed by atoms with E-state index in [9.17, 15) is 9.50 Å². The maximum absolute atomic E-state index is 14.1. The first-order valence-corrected chi connectivity index (χ1v) is 7.53. The van der Waals surface area contributed by atoms with Gasteiger partial charge in [-0.15, -0.1) is 0 Å². The first kappa shape index (κ1) is 13.8. The molecule has 2 aliphatic carbocycles. The topological polar surface area (TPSA) is 35.5 Å². The van der Waals surface area contributed by atoms with Crippen LogP contribution in [0.2, 0.25) is 0 Å². The summed E-state index contributed by atoms with van der Waals surface area (Å²) in [4.78, 5) is 2.13. The lowest BCUT2D eigenvalue weighted by Crippen LogP contribution is -2.37. The Morgan fingerprint density at radius 2 is 2.10 bits per heavy atom. The van der Waals surface area contributed by atoms with Crippen LogP contribution >= 0.6 is 0 Å². The molecule has 0 unspecified atom stereocenters. The van der Waals surface area contributed by atoms with Crippen molar-refractivity contribution in [2.24, 2.45) is 5.92 Å². The van der Waals surface area contributed by atoms with Gasteiger partial charge in [0.05, 0.1) is 6.10 Å². The Morgan fingerprint density at radius 3 is 2.75 bits per heavy atom. The predicted molar refractivity (Wildman–Crippen MR) is 78.3 cm³/mol. The zero-order chi connectivity index (χ0) is 14.1. The number of halogens is 1. The van der Waals surface area contributed by atoms with E-state index in [1.54, 1.807) is 6.07 Å². The highest BCUT2D eigenvalue weighted by Crippen LogP contribution is 2.31. The van der Waals surface area contributed by atoms with Crippen molar-refractivity contribution >= 4 is 5.69 Å². The summed E-state index contributed by atoms with van der Waals surface area (Å²) < 4.78 is 14.1. The maximum Gasteiger partial charge on any atom is 0.129 e. The van der Waals surface area contributed by atoms with Gasteiger partial charge in [0.2, 0.25) is 0 Å². The van der Waals surface area contributed by atoms with E-state index in [0.717, 1.165) is 30.6 Å². The molecule has 0 aliphatic heterocycles. The average Bonchev–Trinajstić information content (AvgIpc) is 3.19. The molecule has 1 aromatic rings. The fourth-order valence-electron chi connectivity index (χ4n) is 2.95. The van der Waals surface area contributed by atoms with Gasteiger partial charge in [0.1, 0.15) is 5.82 Å². The van der Waals surface area contributed by atoms with E-state index >= 15 is 0 Å². The number of aliphatic hydroxyl groups excluding tert-OH is 1. The molecule has 2 aliphatic rings. The number of nitrogens with one attached hydrogen (secondary N) is 1. The Hall–Kier alpha value is -1.13. The highest BCUT2D eigenvalue weighted by molar-refractivity contribution is 5.53. The minimum absolute atomic E-state index is 0.128. The van der Waals surface area contributed by atoms with Crippen LogP contribution in [0.4, 0.5) is 10.1 Å². The van der Waals surface area contributed by atoms with Crippen LogP contribution in [0.5, 0.6) is 0 Å². The van der Waals surface area contributed by atoms with Crippen LogP contribution in [0.25, 0.3) is 0 Å². The maximum atomic E-state index is 14.1. The fourth-order valence-corrected chi connectivity index (χ4v) is 2.95. The lowest BCUT2D eigenvalue weighted by atomic mass is 9.82. The van der Waals surface area contributed by atoms with Gasteiger partial charge in [0.25, 0.3) is 0 Å². The highest BCUT2D eigenvalue weighted by atomic mass is 19.1. The molecule has 0 bridgehead atoms. The Morgan fingerprint density at radius 1 is 1.35 bits per heavy atom. The quantitative estimate of drug-likeness (QED) is 0.838. The van der Waals surface area contributed by atoms with Gasteiger partial charge >= 0.3 is 0 Å². The molecule has 2 N–H and O–H groups in total. The van der Waals surface area contributed by atoms with Gasteiger partial charge in [0.15, 0.2) is 0 Å². The average molecular weight is 278 g/mol. The normalized spacial score (nSPS) is 25.4. The molecule has 0 radical (unpaired) electrons. The second-order valence-corrected chi connectivity index (χ2v) is 6.26. The van der Waals surface area contributed by atoms with Crippen LogP contribution in [-0.4, -0.2) is 30.8 Å². The summed E-state index contributed by atoms with van der Waals surface area (Å²) in [5.41, 5.74) is 1.74. The van der Waals surface area contributed by atoms with E-state index in [0.29, 0.717) is 18.5 Å². The second-order valence-electron chi connectivity index (χ2n) is 6.26. The minimum Gasteiger partial charge on any atom is -0.393 e. The molecule has 0 heterocycles. The Labute approximate surface area is 119 Å². The van der Waals surface area contributed by atoms with Crippen LogP contribution in [0.1, 0.15) is 31.2 Å². The number of hydrogen-bond acceptors (Lipinski definition) is 3. The molecule has 3 rings (SSSR count). The summed E-state index contributed by atoms with van der Waals surface area (Å²) in [6, 6.07) is 5.88. The zero-order valence-electron chi connectivity index (χ0n) is 12.0. The fraction of sp³-hybridized carbons (Fsp3) is 0.625. The van der Waals surface area contributed by atoms with E-state index in [1.165, 1.54) is 18.9 Å². The number of aliphatic hydroxyl groups is 1. The molecular weight excluding hydrogens is 255 g/mol. The summed E-state index contributed by atoms with van der Waals surface area (Å²) in [5.74, 6) is 0.402. The number of nitrogens with zero attached hydrogens (tertiary/aromatic N) is 1. The van der Waals surface area contributed by atoms with Crippen LogP contribution in [0.3, 0.4) is 0 Å². The Balaban J connectivity index is 1.67. The molecule has 0 saturated heterocycles. The van der Waals surface area contributed by atoms with E-state index in [2.05, 4.69) is 10.2 Å². The van der Waals surface area contributed by atoms with Crippen molar-refractivity contribution in [3.63, 3.8) is 0 Å². The molecule has 0 spiro atoms. The van der Waals surface area contributed by atoms with Gasteiger partial charge in [-0.2, -0.15) is 0 Å². The molecule has 3 nitrogen and oxygen atoms in total. The standard InChI is InChI=1S/C16H23FN2O/c1-19(10-11-7-13(20)8-11)16-4-2-3-15(17)14(16)9-18-12-5-6-12/h2-4,11-13,18,20H,5-10H2,1H3. The molecule has 1 aromatic carbocycles. The van der Waals surface area contributed by atoms with Crippen molar-refractivity contribution in [1.29, 1.82) is 0 Å². The number of rotatable bonds is 6. The summed E-state index contributed by atoms with van der Waals surface area (Å²) in [5, 5.41) is 12.8. The van der Waals surface area contributed by atoms with Gasteiger partial charge in [0, 0.05) is 37.4 Å². The zero-order valence-corrected chi connectivity index (χ0v) is 12.0. The Kier molecular flexibility index (Phi) is 3.94. The van der Waals surface area contributed by atoms with Crippen molar-refractivity contribution < 1.29 is 9.50 Å². The van der Waals surface area contributed by atoms with Crippen molar-refractivity contribution in [3.8, 4) is 0 Å². The van der Waals surface area contributed by atoms with E-state index in [1.807, 2.05) is 13.1 Å². The summed E-state index contributed by atoms with van der Waals surface area (Å²) in [7, 11) is 2.01. The SMILES string of the molecule is CN(CC1CC(O)C1)c1cccc(F)c1CNC1CC1. The lowest BCUT2D eigenvalue weighted by Gasteiger charge is -2.35. The third kappa shape index (κ3) is 3.13. The second kappa shape index (κ2) is 5.70. The lowest BCUT2D eigenvalue weighted by molar-refractivity contribution is 0.0464. The monoisotopic (exact) mass is 278 g/mol. The Bertz CT molecular complexity index is 470. The first-order valence-electron chi connectivity index (χ1n) is 7.53. The van der Waals surface area contributed by atoms with Gasteiger partial charge in [-0.25, -0.2) is 4.39 Å². The molecule has 2 fully saturated rings. The van der Waals surface area contributed by atoms with Crippen LogP contribution < -0.4 is 10.2 Å². The molecule has 0 amide bonds. The van der Waals surface area contributed by atoms with E-state index in [4.69, 9.17) is 0 Å². The van der Waals surface area contributed by atoms with Crippen molar-refractivity contribution in [2.45, 2.75) is 44.4 Å². The molecule has 20 heavy (non-hydrogen) atoms. The van der Waals surface area contributed by atoms with Crippen molar-refractivity contribution in [2.75, 3.05) is 18.5 Å². The number of benzene rings is 1. The third-order valence-electron chi connectivity index (χ3n) is 4.39. The predicted octanol–water partition coefficient (Wildman–Crippen LogP) is 2.28. The molecule has 2 saturated carbocycles. The number of anilines is 1. The third-order valence-corrected chi connectivity index (χ3v) is 4.39. The smallest absolute Gasteiger partial charge is 0.129 e. The van der Waals surface area contributed by atoms with Gasteiger partial charge < -0.3 is 15.3 Å². The van der Waals surface area contributed by atoms with Gasteiger partial charge in [-0.3, -0.25) is 0 Å². The summed E-state index contributed by atoms with van der Waals surface area (Å²) >= 11 is 0. The van der Waals surface area contributed by atoms with Gasteiger partial charge in [-0.05, 0) is 43.7 Å². The van der Waals surface area contributed by atoms with Crippen LogP contribution in [-0.2, 0) is 6.54 Å². The molecule has 4 heteroatoms. The summed E-state index contributed by atoms with van der Waals surface area (Å²) in [6.45, 7) is 1.49. The molecule has 0 atom stereocenters. The minimum atomic E-state index is -0.129. The van der Waals surface area contributed by atoms with Crippen LogP contribution in [0.15, 0.2) is 18.2 Å². The van der Waals surface area contributed by atoms with E-state index < -0.39 is 0 Å². The highest BCUT2D eigenvalue weighted by Gasteiger charge is 2.29. The van der Waals surface area contributed by atoms with Gasteiger partial charge in [-0.1, -0.05) is 6.07 Å². The van der Waals surface area contributed by atoms with E-state index in [-0.39, 0.29) is 11.9 Å². The first-order chi connectivity index (χ1) is 9.63. The molecule has 110 valence electrons. The largest absolute Gasteiger partial charge is 0.393 e.